The van der Waals surface area contributed by atoms with Crippen molar-refractivity contribution in [1.29, 1.82) is 0 Å². The van der Waals surface area contributed by atoms with Crippen molar-refractivity contribution < 1.29 is 0 Å². The first-order chi connectivity index (χ1) is 2.41. The summed E-state index contributed by atoms with van der Waals surface area (Å²) in [6, 6.07) is 0. The van der Waals surface area contributed by atoms with Gasteiger partial charge in [-0.25, -0.2) is 0 Å². The topological polar surface area (TPSA) is 12.0 Å². The molecule has 0 fully saturated rings. The molecule has 1 N–H and O–H groups in total. The van der Waals surface area contributed by atoms with E-state index in [1.165, 1.54) is 4.43 Å². The van der Waals surface area contributed by atoms with Crippen LogP contribution in [-0.2, 0) is 0 Å². The van der Waals surface area contributed by atoms with Crippen LogP contribution in [0.4, 0.5) is 0 Å². The van der Waals surface area contributed by atoms with Crippen molar-refractivity contribution in [3.8, 4) is 0 Å². The van der Waals surface area contributed by atoms with Crippen LogP contribution in [-0.4, -0.2) is 18.0 Å². The second kappa shape index (κ2) is 9.48. The largest absolute Gasteiger partial charge is 0.319 e. The Labute approximate surface area is 62.8 Å². The van der Waals surface area contributed by atoms with Gasteiger partial charge < -0.3 is 5.32 Å². The maximum Gasteiger partial charge on any atom is 0.0121 e. The zero-order valence-corrected chi connectivity index (χ0v) is 7.57. The molecule has 6 heavy (non-hydrogen) atoms. The van der Waals surface area contributed by atoms with E-state index in [2.05, 4.69) is 27.9 Å². The first-order valence-electron chi connectivity index (χ1n) is 1.62. The van der Waals surface area contributed by atoms with Crippen LogP contribution in [0.15, 0.2) is 0 Å². The molecule has 40 valence electrons. The van der Waals surface area contributed by atoms with Crippen molar-refractivity contribution in [1.82, 2.24) is 5.32 Å². The number of hydrogen-bond donors (Lipinski definition) is 1. The van der Waals surface area contributed by atoms with Crippen molar-refractivity contribution >= 4 is 39.6 Å². The smallest absolute Gasteiger partial charge is 0.0121 e. The first kappa shape index (κ1) is 10.2. The molecule has 0 bridgehead atoms. The van der Waals surface area contributed by atoms with E-state index in [-0.39, 0.29) is 17.0 Å². The lowest BCUT2D eigenvalue weighted by Gasteiger charge is -1.83. The molecule has 0 heterocycles. The second-order valence-corrected chi connectivity index (χ2v) is 1.87. The number of rotatable bonds is 2. The zero-order chi connectivity index (χ0) is 4.12. The predicted molar refractivity (Wildman–Crippen MR) is 43.1 cm³/mol. The van der Waals surface area contributed by atoms with E-state index in [9.17, 15) is 0 Å². The maximum absolute atomic E-state index is 3.01. The third-order valence-corrected chi connectivity index (χ3v) is 0.884. The summed E-state index contributed by atoms with van der Waals surface area (Å²) in [7, 11) is 1.96. The van der Waals surface area contributed by atoms with Gasteiger partial charge in [0.05, 0.1) is 0 Å². The number of hydrogen-bond acceptors (Lipinski definition) is 1. The van der Waals surface area contributed by atoms with Gasteiger partial charge in [-0.15, -0.1) is 17.0 Å². The highest BCUT2D eigenvalue weighted by molar-refractivity contribution is 14.1. The summed E-state index contributed by atoms with van der Waals surface area (Å²) in [4.78, 5) is 0. The molecule has 0 aromatic rings. The Balaban J connectivity index is 0. The summed E-state index contributed by atoms with van der Waals surface area (Å²) in [6.45, 7) is 1.13. The van der Waals surface area contributed by atoms with Gasteiger partial charge in [0, 0.05) is 11.0 Å². The summed E-state index contributed by atoms with van der Waals surface area (Å²) in [5.74, 6) is 0. The summed E-state index contributed by atoms with van der Waals surface area (Å²) in [5, 5.41) is 3.01. The molecular weight excluding hydrogens is 257 g/mol. The van der Waals surface area contributed by atoms with Crippen molar-refractivity contribution in [3.05, 3.63) is 0 Å². The normalized spacial score (nSPS) is 7.00. The maximum atomic E-state index is 3.01. The Morgan fingerprint density at radius 3 is 2.17 bits per heavy atom. The molecule has 0 aliphatic carbocycles. The minimum Gasteiger partial charge on any atom is -0.319 e. The Bertz CT molecular complexity index is 18.3. The quantitative estimate of drug-likeness (QED) is 0.585. The number of halogens is 2. The molecule has 0 unspecified atom stereocenters. The summed E-state index contributed by atoms with van der Waals surface area (Å²) < 4.78 is 1.20. The molecule has 0 spiro atoms. The Morgan fingerprint density at radius 1 is 1.67 bits per heavy atom. The average Bonchev–Trinajstić information content (AvgIpc) is 1.41. The molecule has 0 saturated heterocycles. The average molecular weight is 266 g/mol. The molecule has 0 aliphatic heterocycles. The molecule has 0 amide bonds. The van der Waals surface area contributed by atoms with E-state index < -0.39 is 0 Å². The monoisotopic (exact) mass is 265 g/mol. The minimum absolute atomic E-state index is 0. The zero-order valence-electron chi connectivity index (χ0n) is 3.70. The number of alkyl halides is 1. The highest BCUT2D eigenvalue weighted by Gasteiger charge is 1.66. The van der Waals surface area contributed by atoms with E-state index in [4.69, 9.17) is 0 Å². The van der Waals surface area contributed by atoms with Crippen molar-refractivity contribution in [3.63, 3.8) is 0 Å². The van der Waals surface area contributed by atoms with Crippen LogP contribution in [0.5, 0.6) is 0 Å². The molecule has 0 aliphatic rings. The molecule has 0 saturated carbocycles. The van der Waals surface area contributed by atoms with Gasteiger partial charge in [0.1, 0.15) is 0 Å². The van der Waals surface area contributed by atoms with Crippen LogP contribution in [0.2, 0.25) is 0 Å². The van der Waals surface area contributed by atoms with Crippen LogP contribution >= 0.6 is 39.6 Å². The fraction of sp³-hybridized carbons (Fsp3) is 1.00. The van der Waals surface area contributed by atoms with Crippen LogP contribution < -0.4 is 5.32 Å². The summed E-state index contributed by atoms with van der Waals surface area (Å²) in [6.07, 6.45) is 0. The van der Waals surface area contributed by atoms with Crippen LogP contribution in [0.1, 0.15) is 0 Å². The van der Waals surface area contributed by atoms with E-state index in [1.807, 2.05) is 7.05 Å². The first-order valence-corrected chi connectivity index (χ1v) is 3.15. The van der Waals surface area contributed by atoms with Gasteiger partial charge >= 0.3 is 0 Å². The van der Waals surface area contributed by atoms with Gasteiger partial charge in [0.15, 0.2) is 0 Å². The highest BCUT2D eigenvalue weighted by Crippen LogP contribution is 1.72. The fourth-order valence-electron chi connectivity index (χ4n) is 0.0945. The minimum atomic E-state index is 0. The Hall–Kier alpha value is 1.17. The summed E-state index contributed by atoms with van der Waals surface area (Å²) >= 11 is 2.32. The van der Waals surface area contributed by atoms with Gasteiger partial charge in [-0.05, 0) is 7.05 Å². The molecule has 0 rings (SSSR count). The van der Waals surface area contributed by atoms with Gasteiger partial charge in [0.25, 0.3) is 0 Å². The van der Waals surface area contributed by atoms with Gasteiger partial charge in [-0.1, -0.05) is 22.6 Å². The molecule has 0 atom stereocenters. The van der Waals surface area contributed by atoms with Crippen molar-refractivity contribution in [2.75, 3.05) is 18.0 Å². The third kappa shape index (κ3) is 8.95. The highest BCUT2D eigenvalue weighted by atomic mass is 127. The Morgan fingerprint density at radius 2 is 2.17 bits per heavy atom. The third-order valence-electron chi connectivity index (χ3n) is 0.344. The van der Waals surface area contributed by atoms with Gasteiger partial charge in [0.2, 0.25) is 0 Å². The van der Waals surface area contributed by atoms with Crippen molar-refractivity contribution in [2.24, 2.45) is 0 Å². The lowest BCUT2D eigenvalue weighted by Crippen LogP contribution is -2.07. The standard InChI is InChI=1S/C3H8IN.BrH/c1-5-3-2-4;/h5H,2-3H2,1H3;1H. The van der Waals surface area contributed by atoms with Crippen LogP contribution in [0.25, 0.3) is 0 Å². The van der Waals surface area contributed by atoms with E-state index in [1.54, 1.807) is 0 Å². The van der Waals surface area contributed by atoms with E-state index in [0.717, 1.165) is 6.54 Å². The fourth-order valence-corrected chi connectivity index (χ4v) is 0.634. The molecule has 1 nitrogen and oxygen atoms in total. The Kier molecular flexibility index (Phi) is 16.1. The molecule has 0 radical (unpaired) electrons. The van der Waals surface area contributed by atoms with E-state index in [0.29, 0.717) is 0 Å². The molecule has 3 heteroatoms. The van der Waals surface area contributed by atoms with Crippen LogP contribution in [0.3, 0.4) is 0 Å². The molecule has 0 aromatic carbocycles. The van der Waals surface area contributed by atoms with Crippen molar-refractivity contribution in [2.45, 2.75) is 0 Å². The summed E-state index contributed by atoms with van der Waals surface area (Å²) in [5.41, 5.74) is 0. The van der Waals surface area contributed by atoms with E-state index >= 15 is 0 Å². The SMILES string of the molecule is Br.CNCCI. The lowest BCUT2D eigenvalue weighted by molar-refractivity contribution is 0.880. The lowest BCUT2D eigenvalue weighted by atomic mass is 10.8. The molecule has 0 aromatic heterocycles. The second-order valence-electron chi connectivity index (χ2n) is 0.793. The van der Waals surface area contributed by atoms with Crippen LogP contribution in [0, 0.1) is 0 Å². The van der Waals surface area contributed by atoms with Gasteiger partial charge in [-0.3, -0.25) is 0 Å². The number of nitrogens with one attached hydrogen (secondary N) is 1. The van der Waals surface area contributed by atoms with Gasteiger partial charge in [-0.2, -0.15) is 0 Å². The molecular formula is C3H9BrIN. The predicted octanol–water partition coefficient (Wildman–Crippen LogP) is 1.22.